The Hall–Kier alpha value is -2.82. The van der Waals surface area contributed by atoms with E-state index in [9.17, 15) is 9.18 Å². The van der Waals surface area contributed by atoms with Gasteiger partial charge in [0.15, 0.2) is 0 Å². The van der Waals surface area contributed by atoms with E-state index in [-0.39, 0.29) is 11.7 Å². The van der Waals surface area contributed by atoms with Gasteiger partial charge in [0, 0.05) is 24.0 Å². The Balaban J connectivity index is 1.47. The number of aryl methyl sites for hydroxylation is 2. The third-order valence-electron chi connectivity index (χ3n) is 6.07. The number of methoxy groups -OCH3 is 1. The maximum Gasteiger partial charge on any atom is 0.270 e. The second-order valence-electron chi connectivity index (χ2n) is 7.93. The lowest BCUT2D eigenvalue weighted by molar-refractivity contribution is 0.0662. The molecule has 0 radical (unpaired) electrons. The Morgan fingerprint density at radius 2 is 2.10 bits per heavy atom. The third-order valence-corrected chi connectivity index (χ3v) is 6.07. The van der Waals surface area contributed by atoms with Crippen LogP contribution in [0.1, 0.15) is 40.9 Å². The Kier molecular flexibility index (Phi) is 5.56. The summed E-state index contributed by atoms with van der Waals surface area (Å²) in [4.78, 5) is 18.5. The molecule has 0 spiro atoms. The Labute approximate surface area is 170 Å². The minimum Gasteiger partial charge on any atom is -0.497 e. The molecule has 1 aliphatic rings. The number of carbonyl (C=O) groups excluding carboxylic acids is 1. The lowest BCUT2D eigenvalue weighted by Crippen LogP contribution is -2.40. The maximum atomic E-state index is 13.9. The molecule has 29 heavy (non-hydrogen) atoms. The van der Waals surface area contributed by atoms with Crippen LogP contribution in [-0.2, 0) is 6.42 Å². The van der Waals surface area contributed by atoms with Gasteiger partial charge in [-0.3, -0.25) is 4.79 Å². The summed E-state index contributed by atoms with van der Waals surface area (Å²) in [5, 5.41) is 1.01. The summed E-state index contributed by atoms with van der Waals surface area (Å²) >= 11 is 0. The van der Waals surface area contributed by atoms with Crippen LogP contribution in [0.15, 0.2) is 42.5 Å². The third kappa shape index (κ3) is 4.00. The molecule has 4 rings (SSSR count). The molecule has 0 saturated carbocycles. The molecule has 5 heteroatoms. The van der Waals surface area contributed by atoms with E-state index in [1.165, 1.54) is 6.07 Å². The SMILES string of the molecule is COc1ccc2[nH]c(C(=O)N3CCC[C@@H](CCc4ccccc4F)C3)c(C)c2c1. The van der Waals surface area contributed by atoms with Crippen molar-refractivity contribution >= 4 is 16.8 Å². The number of amides is 1. The molecule has 0 unspecified atom stereocenters. The molecule has 0 aliphatic carbocycles. The number of carbonyl (C=O) groups is 1. The van der Waals surface area contributed by atoms with Crippen molar-refractivity contribution in [3.05, 3.63) is 65.1 Å². The van der Waals surface area contributed by atoms with Gasteiger partial charge in [0.25, 0.3) is 5.91 Å². The second-order valence-corrected chi connectivity index (χ2v) is 7.93. The predicted octanol–water partition coefficient (Wildman–Crippen LogP) is 5.11. The van der Waals surface area contributed by atoms with E-state index < -0.39 is 0 Å². The average Bonchev–Trinajstić information content (AvgIpc) is 3.08. The van der Waals surface area contributed by atoms with Crippen LogP contribution in [0.2, 0.25) is 0 Å². The normalized spacial score (nSPS) is 16.9. The van der Waals surface area contributed by atoms with Crippen LogP contribution in [0, 0.1) is 18.7 Å². The zero-order valence-electron chi connectivity index (χ0n) is 17.0. The van der Waals surface area contributed by atoms with E-state index in [1.807, 2.05) is 42.2 Å². The first-order valence-corrected chi connectivity index (χ1v) is 10.3. The van der Waals surface area contributed by atoms with Crippen molar-refractivity contribution < 1.29 is 13.9 Å². The number of H-pyrrole nitrogens is 1. The molecular formula is C24H27FN2O2. The quantitative estimate of drug-likeness (QED) is 0.654. The minimum absolute atomic E-state index is 0.0493. The lowest BCUT2D eigenvalue weighted by atomic mass is 9.91. The van der Waals surface area contributed by atoms with Gasteiger partial charge in [-0.1, -0.05) is 18.2 Å². The van der Waals surface area contributed by atoms with E-state index in [0.29, 0.717) is 18.0 Å². The van der Waals surface area contributed by atoms with Crippen LogP contribution in [-0.4, -0.2) is 36.0 Å². The Morgan fingerprint density at radius 1 is 1.28 bits per heavy atom. The van der Waals surface area contributed by atoms with Crippen LogP contribution < -0.4 is 4.74 Å². The van der Waals surface area contributed by atoms with Crippen LogP contribution in [0.4, 0.5) is 4.39 Å². The number of halogens is 1. The van der Waals surface area contributed by atoms with Crippen LogP contribution in [0.25, 0.3) is 10.9 Å². The summed E-state index contributed by atoms with van der Waals surface area (Å²) in [6.07, 6.45) is 3.68. The van der Waals surface area contributed by atoms with Gasteiger partial charge in [-0.2, -0.15) is 0 Å². The van der Waals surface area contributed by atoms with Gasteiger partial charge >= 0.3 is 0 Å². The van der Waals surface area contributed by atoms with E-state index >= 15 is 0 Å². The highest BCUT2D eigenvalue weighted by atomic mass is 19.1. The summed E-state index contributed by atoms with van der Waals surface area (Å²) in [5.74, 6) is 1.09. The topological polar surface area (TPSA) is 45.3 Å². The zero-order valence-corrected chi connectivity index (χ0v) is 17.0. The highest BCUT2D eigenvalue weighted by Crippen LogP contribution is 2.29. The molecule has 152 valence electrons. The molecule has 1 atom stereocenters. The Morgan fingerprint density at radius 3 is 2.90 bits per heavy atom. The molecule has 3 aromatic rings. The number of fused-ring (bicyclic) bond motifs is 1. The summed E-state index contributed by atoms with van der Waals surface area (Å²) in [7, 11) is 1.64. The highest BCUT2D eigenvalue weighted by Gasteiger charge is 2.27. The summed E-state index contributed by atoms with van der Waals surface area (Å²) in [6, 6.07) is 12.8. The monoisotopic (exact) mass is 394 g/mol. The predicted molar refractivity (Wildman–Crippen MR) is 113 cm³/mol. The van der Waals surface area contributed by atoms with Crippen molar-refractivity contribution in [2.75, 3.05) is 20.2 Å². The van der Waals surface area contributed by atoms with Gasteiger partial charge < -0.3 is 14.6 Å². The molecule has 1 N–H and O–H groups in total. The van der Waals surface area contributed by atoms with E-state index in [4.69, 9.17) is 4.74 Å². The number of benzene rings is 2. The van der Waals surface area contributed by atoms with Crippen LogP contribution in [0.5, 0.6) is 5.75 Å². The number of piperidine rings is 1. The fourth-order valence-corrected chi connectivity index (χ4v) is 4.35. The molecule has 0 bridgehead atoms. The van der Waals surface area contributed by atoms with Crippen molar-refractivity contribution in [1.29, 1.82) is 0 Å². The number of rotatable bonds is 5. The van der Waals surface area contributed by atoms with Gasteiger partial charge in [0.2, 0.25) is 0 Å². The molecule has 1 aromatic heterocycles. The molecule has 1 fully saturated rings. The van der Waals surface area contributed by atoms with Gasteiger partial charge in [-0.15, -0.1) is 0 Å². The van der Waals surface area contributed by atoms with Crippen molar-refractivity contribution in [3.63, 3.8) is 0 Å². The zero-order chi connectivity index (χ0) is 20.4. The summed E-state index contributed by atoms with van der Waals surface area (Å²) < 4.78 is 19.2. The number of likely N-dealkylation sites (tertiary alicyclic amines) is 1. The van der Waals surface area contributed by atoms with Gasteiger partial charge in [0.05, 0.1) is 7.11 Å². The molecular weight excluding hydrogens is 367 g/mol. The standard InChI is InChI=1S/C24H27FN2O2/c1-16-20-14-19(29-2)11-12-22(20)26-23(16)24(28)27-13-5-6-17(15-27)9-10-18-7-3-4-8-21(18)25/h3-4,7-8,11-12,14,17,26H,5-6,9-10,13,15H2,1-2H3/t17-/m0/s1. The number of nitrogens with one attached hydrogen (secondary N) is 1. The van der Waals surface area contributed by atoms with Crippen molar-refractivity contribution in [3.8, 4) is 5.75 Å². The largest absolute Gasteiger partial charge is 0.497 e. The molecule has 1 saturated heterocycles. The number of nitrogens with zero attached hydrogens (tertiary/aromatic N) is 1. The van der Waals surface area contributed by atoms with Gasteiger partial charge in [0.1, 0.15) is 17.3 Å². The number of hydrogen-bond donors (Lipinski definition) is 1. The first-order chi connectivity index (χ1) is 14.1. The highest BCUT2D eigenvalue weighted by molar-refractivity contribution is 6.01. The first-order valence-electron chi connectivity index (χ1n) is 10.3. The van der Waals surface area contributed by atoms with Crippen molar-refractivity contribution in [1.82, 2.24) is 9.88 Å². The number of aromatic amines is 1. The molecule has 1 aliphatic heterocycles. The average molecular weight is 394 g/mol. The number of ether oxygens (including phenoxy) is 1. The van der Waals surface area contributed by atoms with Crippen LogP contribution in [0.3, 0.4) is 0 Å². The maximum absolute atomic E-state index is 13.9. The number of aromatic nitrogens is 1. The fraction of sp³-hybridized carbons (Fsp3) is 0.375. The molecule has 2 heterocycles. The fourth-order valence-electron chi connectivity index (χ4n) is 4.35. The van der Waals surface area contributed by atoms with Gasteiger partial charge in [-0.25, -0.2) is 4.39 Å². The lowest BCUT2D eigenvalue weighted by Gasteiger charge is -2.33. The van der Waals surface area contributed by atoms with Crippen LogP contribution >= 0.6 is 0 Å². The van der Waals surface area contributed by atoms with E-state index in [2.05, 4.69) is 4.98 Å². The Bertz CT molecular complexity index is 1030. The second kappa shape index (κ2) is 8.27. The molecule has 2 aromatic carbocycles. The first kappa shape index (κ1) is 19.5. The molecule has 4 nitrogen and oxygen atoms in total. The van der Waals surface area contributed by atoms with Crippen molar-refractivity contribution in [2.45, 2.75) is 32.6 Å². The molecule has 1 amide bonds. The van der Waals surface area contributed by atoms with E-state index in [1.54, 1.807) is 13.2 Å². The number of hydrogen-bond acceptors (Lipinski definition) is 2. The summed E-state index contributed by atoms with van der Waals surface area (Å²) in [5.41, 5.74) is 3.32. The smallest absolute Gasteiger partial charge is 0.270 e. The van der Waals surface area contributed by atoms with Gasteiger partial charge in [-0.05, 0) is 73.9 Å². The van der Waals surface area contributed by atoms with Crippen molar-refractivity contribution in [2.24, 2.45) is 5.92 Å². The summed E-state index contributed by atoms with van der Waals surface area (Å²) in [6.45, 7) is 3.48. The van der Waals surface area contributed by atoms with E-state index in [0.717, 1.165) is 60.1 Å². The minimum atomic E-state index is -0.139.